The number of amides is 1. The molecule has 6 heteroatoms. The first-order valence-corrected chi connectivity index (χ1v) is 8.30. The number of nitrogens with two attached hydrogens (primary N) is 1. The van der Waals surface area contributed by atoms with Crippen LogP contribution >= 0.6 is 11.3 Å². The van der Waals surface area contributed by atoms with Crippen molar-refractivity contribution in [3.8, 4) is 10.6 Å². The molecule has 0 aliphatic heterocycles. The maximum Gasteiger partial charge on any atom is 0.246 e. The first-order valence-electron chi connectivity index (χ1n) is 7.49. The summed E-state index contributed by atoms with van der Waals surface area (Å²) >= 11 is 1.38. The van der Waals surface area contributed by atoms with Crippen LogP contribution in [0, 0.1) is 13.8 Å². The van der Waals surface area contributed by atoms with Crippen molar-refractivity contribution in [2.24, 2.45) is 5.73 Å². The quantitative estimate of drug-likeness (QED) is 0.912. The summed E-state index contributed by atoms with van der Waals surface area (Å²) in [5.74, 6) is -0.145. The Morgan fingerprint density at radius 1 is 1.18 bits per heavy atom. The zero-order valence-corrected chi connectivity index (χ0v) is 13.7. The summed E-state index contributed by atoms with van der Waals surface area (Å²) in [6.45, 7) is 4.11. The third-order valence-corrected chi connectivity index (χ3v) is 4.95. The second-order valence-electron chi connectivity index (χ2n) is 6.11. The number of hydrogen-bond donors (Lipinski definition) is 2. The van der Waals surface area contributed by atoms with E-state index in [0.717, 1.165) is 36.3 Å². The summed E-state index contributed by atoms with van der Waals surface area (Å²) in [5.41, 5.74) is 8.80. The molecule has 1 amide bonds. The zero-order valence-electron chi connectivity index (χ0n) is 12.8. The Labute approximate surface area is 134 Å². The van der Waals surface area contributed by atoms with Gasteiger partial charge < -0.3 is 5.73 Å². The van der Waals surface area contributed by atoms with Gasteiger partial charge in [-0.1, -0.05) is 41.4 Å². The van der Waals surface area contributed by atoms with Crippen molar-refractivity contribution in [1.29, 1.82) is 0 Å². The Kier molecular flexibility index (Phi) is 3.97. The fourth-order valence-electron chi connectivity index (χ4n) is 2.94. The molecule has 1 fully saturated rings. The standard InChI is InChI=1S/C16H20N4OS/c1-10-7-11(2)9-12(8-10)13-19-20-15(22-13)18-14(21)16(17)5-3-4-6-16/h7-9H,3-6,17H2,1-2H3,(H,18,20,21). The van der Waals surface area contributed by atoms with Crippen LogP contribution in [0.15, 0.2) is 18.2 Å². The fourth-order valence-corrected chi connectivity index (χ4v) is 3.67. The Morgan fingerprint density at radius 3 is 2.45 bits per heavy atom. The molecule has 0 radical (unpaired) electrons. The first-order chi connectivity index (χ1) is 10.5. The summed E-state index contributed by atoms with van der Waals surface area (Å²) in [7, 11) is 0. The normalized spacial score (nSPS) is 16.7. The fraction of sp³-hybridized carbons (Fsp3) is 0.438. The van der Waals surface area contributed by atoms with Gasteiger partial charge in [0, 0.05) is 5.56 Å². The predicted octanol–water partition coefficient (Wildman–Crippen LogP) is 3.03. The van der Waals surface area contributed by atoms with Crippen molar-refractivity contribution in [1.82, 2.24) is 10.2 Å². The van der Waals surface area contributed by atoms with Gasteiger partial charge in [0.1, 0.15) is 5.01 Å². The summed E-state index contributed by atoms with van der Waals surface area (Å²) in [5, 5.41) is 12.4. The molecule has 5 nitrogen and oxygen atoms in total. The van der Waals surface area contributed by atoms with E-state index in [-0.39, 0.29) is 5.91 Å². The third-order valence-electron chi connectivity index (χ3n) is 4.06. The number of nitrogens with one attached hydrogen (secondary N) is 1. The van der Waals surface area contributed by atoms with Gasteiger partial charge in [-0.2, -0.15) is 0 Å². The lowest BCUT2D eigenvalue weighted by Crippen LogP contribution is -2.48. The van der Waals surface area contributed by atoms with E-state index in [1.54, 1.807) is 0 Å². The minimum atomic E-state index is -0.744. The molecule has 116 valence electrons. The van der Waals surface area contributed by atoms with E-state index >= 15 is 0 Å². The maximum absolute atomic E-state index is 12.3. The highest BCUT2D eigenvalue weighted by Gasteiger charge is 2.37. The topological polar surface area (TPSA) is 80.9 Å². The minimum Gasteiger partial charge on any atom is -0.317 e. The second-order valence-corrected chi connectivity index (χ2v) is 7.08. The van der Waals surface area contributed by atoms with Gasteiger partial charge >= 0.3 is 0 Å². The first kappa shape index (κ1) is 15.1. The van der Waals surface area contributed by atoms with E-state index < -0.39 is 5.54 Å². The number of anilines is 1. The van der Waals surface area contributed by atoms with Crippen molar-refractivity contribution in [2.75, 3.05) is 5.32 Å². The molecule has 1 aromatic carbocycles. The van der Waals surface area contributed by atoms with Crippen LogP contribution in [0.3, 0.4) is 0 Å². The summed E-state index contributed by atoms with van der Waals surface area (Å²) < 4.78 is 0. The Balaban J connectivity index is 1.77. The molecular formula is C16H20N4OS. The van der Waals surface area contributed by atoms with Gasteiger partial charge in [-0.3, -0.25) is 10.1 Å². The summed E-state index contributed by atoms with van der Waals surface area (Å²) in [6, 6.07) is 6.26. The van der Waals surface area contributed by atoms with E-state index in [1.807, 2.05) is 0 Å². The van der Waals surface area contributed by atoms with E-state index in [4.69, 9.17) is 5.73 Å². The predicted molar refractivity (Wildman–Crippen MR) is 88.8 cm³/mol. The monoisotopic (exact) mass is 316 g/mol. The van der Waals surface area contributed by atoms with Crippen LogP contribution in [-0.2, 0) is 4.79 Å². The molecule has 1 aliphatic carbocycles. The number of benzene rings is 1. The van der Waals surface area contributed by atoms with Gasteiger partial charge in [-0.15, -0.1) is 10.2 Å². The van der Waals surface area contributed by atoms with E-state index in [0.29, 0.717) is 5.13 Å². The van der Waals surface area contributed by atoms with Crippen molar-refractivity contribution in [3.63, 3.8) is 0 Å². The maximum atomic E-state index is 12.3. The average molecular weight is 316 g/mol. The van der Waals surface area contributed by atoms with Crippen LogP contribution in [0.4, 0.5) is 5.13 Å². The molecule has 1 saturated carbocycles. The largest absolute Gasteiger partial charge is 0.317 e. The zero-order chi connectivity index (χ0) is 15.7. The molecule has 0 bridgehead atoms. The van der Waals surface area contributed by atoms with Crippen molar-refractivity contribution < 1.29 is 4.79 Å². The molecule has 1 aromatic heterocycles. The molecule has 0 unspecified atom stereocenters. The average Bonchev–Trinajstić information content (AvgIpc) is 3.08. The van der Waals surface area contributed by atoms with Crippen LogP contribution in [0.25, 0.3) is 10.6 Å². The van der Waals surface area contributed by atoms with Crippen LogP contribution in [0.1, 0.15) is 36.8 Å². The Morgan fingerprint density at radius 2 is 1.82 bits per heavy atom. The summed E-state index contributed by atoms with van der Waals surface area (Å²) in [6.07, 6.45) is 3.49. The molecule has 0 saturated heterocycles. The van der Waals surface area contributed by atoms with Crippen molar-refractivity contribution in [3.05, 3.63) is 29.3 Å². The number of nitrogens with zero attached hydrogens (tertiary/aromatic N) is 2. The van der Waals surface area contributed by atoms with Crippen LogP contribution < -0.4 is 11.1 Å². The highest BCUT2D eigenvalue weighted by Crippen LogP contribution is 2.31. The molecule has 0 spiro atoms. The molecule has 1 aliphatic rings. The van der Waals surface area contributed by atoms with Gasteiger partial charge in [-0.25, -0.2) is 0 Å². The SMILES string of the molecule is Cc1cc(C)cc(-c2nnc(NC(=O)C3(N)CCCC3)s2)c1. The molecule has 0 atom stereocenters. The molecular weight excluding hydrogens is 296 g/mol. The lowest BCUT2D eigenvalue weighted by molar-refractivity contribution is -0.121. The lowest BCUT2D eigenvalue weighted by Gasteiger charge is -2.20. The van der Waals surface area contributed by atoms with E-state index in [2.05, 4.69) is 47.6 Å². The number of rotatable bonds is 3. The number of carbonyl (C=O) groups is 1. The molecule has 2 aromatic rings. The molecule has 22 heavy (non-hydrogen) atoms. The number of aryl methyl sites for hydroxylation is 2. The molecule has 3 N–H and O–H groups in total. The van der Waals surface area contributed by atoms with Gasteiger partial charge in [0.25, 0.3) is 0 Å². The minimum absolute atomic E-state index is 0.145. The van der Waals surface area contributed by atoms with E-state index in [9.17, 15) is 4.79 Å². The Hall–Kier alpha value is -1.79. The second kappa shape index (κ2) is 5.78. The smallest absolute Gasteiger partial charge is 0.246 e. The van der Waals surface area contributed by atoms with Crippen molar-refractivity contribution in [2.45, 2.75) is 45.1 Å². The highest BCUT2D eigenvalue weighted by molar-refractivity contribution is 7.18. The molecule has 1 heterocycles. The number of hydrogen-bond acceptors (Lipinski definition) is 5. The van der Waals surface area contributed by atoms with Crippen LogP contribution in [0.2, 0.25) is 0 Å². The van der Waals surface area contributed by atoms with Gasteiger partial charge in [0.2, 0.25) is 11.0 Å². The van der Waals surface area contributed by atoms with Gasteiger partial charge in [0.05, 0.1) is 5.54 Å². The number of aromatic nitrogens is 2. The summed E-state index contributed by atoms with van der Waals surface area (Å²) in [4.78, 5) is 12.3. The molecule has 3 rings (SSSR count). The lowest BCUT2D eigenvalue weighted by atomic mass is 9.98. The Bertz CT molecular complexity index is 684. The van der Waals surface area contributed by atoms with Gasteiger partial charge in [0.15, 0.2) is 0 Å². The number of carbonyl (C=O) groups excluding carboxylic acids is 1. The van der Waals surface area contributed by atoms with Crippen molar-refractivity contribution >= 4 is 22.4 Å². The van der Waals surface area contributed by atoms with Crippen LogP contribution in [-0.4, -0.2) is 21.6 Å². The van der Waals surface area contributed by atoms with E-state index in [1.165, 1.54) is 22.5 Å². The van der Waals surface area contributed by atoms with Gasteiger partial charge in [-0.05, 0) is 38.8 Å². The highest BCUT2D eigenvalue weighted by atomic mass is 32.1. The van der Waals surface area contributed by atoms with Crippen LogP contribution in [0.5, 0.6) is 0 Å². The third kappa shape index (κ3) is 3.03.